The van der Waals surface area contributed by atoms with Crippen LogP contribution in [0, 0.1) is 0 Å². The molecule has 0 fully saturated rings. The minimum absolute atomic E-state index is 0.0821. The normalized spacial score (nSPS) is 10.7. The van der Waals surface area contributed by atoms with Gasteiger partial charge in [0.05, 0.1) is 18.1 Å². The van der Waals surface area contributed by atoms with Gasteiger partial charge in [0.1, 0.15) is 5.75 Å². The molecule has 150 valence electrons. The van der Waals surface area contributed by atoms with Gasteiger partial charge < -0.3 is 14.6 Å². The van der Waals surface area contributed by atoms with Gasteiger partial charge in [0, 0.05) is 26.1 Å². The summed E-state index contributed by atoms with van der Waals surface area (Å²) in [7, 11) is 1.59. The van der Waals surface area contributed by atoms with E-state index in [1.165, 1.54) is 9.13 Å². The third-order valence-corrected chi connectivity index (χ3v) is 4.63. The highest BCUT2D eigenvalue weighted by Gasteiger charge is 2.13. The van der Waals surface area contributed by atoms with Crippen LogP contribution in [0.25, 0.3) is 11.0 Å². The maximum Gasteiger partial charge on any atom is 0.317 e. The molecule has 2 aromatic carbocycles. The summed E-state index contributed by atoms with van der Waals surface area (Å²) in [6.45, 7) is 4.36. The number of aryl methyl sites for hydroxylation is 1. The molecular formula is C22H23N3O4. The highest BCUT2D eigenvalue weighted by atomic mass is 16.5. The number of nitrogens with one attached hydrogen (secondary N) is 1. The Kier molecular flexibility index (Phi) is 6.29. The fraction of sp³-hybridized carbons (Fsp3) is 0.227. The quantitative estimate of drug-likeness (QED) is 0.469. The minimum atomic E-state index is -0.647. The molecule has 3 aromatic rings. The molecule has 1 heterocycles. The molecule has 1 aromatic heterocycles. The van der Waals surface area contributed by atoms with E-state index in [0.717, 1.165) is 11.3 Å². The van der Waals surface area contributed by atoms with Gasteiger partial charge >= 0.3 is 11.1 Å². The summed E-state index contributed by atoms with van der Waals surface area (Å²) in [6, 6.07) is 14.6. The lowest BCUT2D eigenvalue weighted by Gasteiger charge is -2.14. The molecule has 7 heteroatoms. The maximum atomic E-state index is 12.6. The largest absolute Gasteiger partial charge is 0.497 e. The second-order valence-electron chi connectivity index (χ2n) is 6.53. The SMILES string of the molecule is C=CCn1c(=O)c(=O)n(CCC(=O)NCc2cccc(OC)c2)c2ccccc21. The van der Waals surface area contributed by atoms with Crippen molar-refractivity contribution in [2.75, 3.05) is 7.11 Å². The van der Waals surface area contributed by atoms with E-state index in [1.807, 2.05) is 24.3 Å². The number of para-hydroxylation sites is 2. The number of methoxy groups -OCH3 is 1. The number of amides is 1. The molecule has 0 saturated carbocycles. The van der Waals surface area contributed by atoms with Gasteiger partial charge in [-0.15, -0.1) is 6.58 Å². The zero-order valence-electron chi connectivity index (χ0n) is 16.3. The average Bonchev–Trinajstić information content (AvgIpc) is 2.75. The summed E-state index contributed by atoms with van der Waals surface area (Å²) in [6.07, 6.45) is 1.66. The van der Waals surface area contributed by atoms with Crippen molar-refractivity contribution in [1.82, 2.24) is 14.5 Å². The summed E-state index contributed by atoms with van der Waals surface area (Å²) >= 11 is 0. The Balaban J connectivity index is 1.76. The van der Waals surface area contributed by atoms with Gasteiger partial charge in [-0.2, -0.15) is 0 Å². The van der Waals surface area contributed by atoms with Crippen molar-refractivity contribution in [3.8, 4) is 5.75 Å². The number of fused-ring (bicyclic) bond motifs is 1. The van der Waals surface area contributed by atoms with Gasteiger partial charge in [-0.1, -0.05) is 30.3 Å². The number of hydrogen-bond acceptors (Lipinski definition) is 4. The molecule has 0 saturated heterocycles. The first kappa shape index (κ1) is 20.1. The number of ether oxygens (including phenoxy) is 1. The van der Waals surface area contributed by atoms with Crippen molar-refractivity contribution in [2.45, 2.75) is 26.1 Å². The van der Waals surface area contributed by atoms with Gasteiger partial charge in [-0.25, -0.2) is 0 Å². The van der Waals surface area contributed by atoms with Crippen LogP contribution in [-0.2, 0) is 24.4 Å². The molecule has 0 aliphatic heterocycles. The van der Waals surface area contributed by atoms with Crippen molar-refractivity contribution < 1.29 is 9.53 Å². The highest BCUT2D eigenvalue weighted by Crippen LogP contribution is 2.13. The molecule has 0 aliphatic rings. The third-order valence-electron chi connectivity index (χ3n) is 4.63. The van der Waals surface area contributed by atoms with Gasteiger partial charge in [0.15, 0.2) is 0 Å². The van der Waals surface area contributed by atoms with Crippen LogP contribution in [0.1, 0.15) is 12.0 Å². The molecule has 1 N–H and O–H groups in total. The van der Waals surface area contributed by atoms with Gasteiger partial charge in [-0.05, 0) is 29.8 Å². The molecule has 0 aliphatic carbocycles. The Morgan fingerprint density at radius 3 is 2.45 bits per heavy atom. The summed E-state index contributed by atoms with van der Waals surface area (Å²) in [5.74, 6) is 0.508. The van der Waals surface area contributed by atoms with Gasteiger partial charge in [-0.3, -0.25) is 19.0 Å². The number of hydrogen-bond donors (Lipinski definition) is 1. The first-order valence-corrected chi connectivity index (χ1v) is 9.28. The fourth-order valence-corrected chi connectivity index (χ4v) is 3.19. The van der Waals surface area contributed by atoms with Crippen molar-refractivity contribution in [2.24, 2.45) is 0 Å². The number of benzene rings is 2. The monoisotopic (exact) mass is 393 g/mol. The second kappa shape index (κ2) is 9.05. The topological polar surface area (TPSA) is 82.3 Å². The summed E-state index contributed by atoms with van der Waals surface area (Å²) in [5.41, 5.74) is 0.882. The number of nitrogens with zero attached hydrogens (tertiary/aromatic N) is 2. The Morgan fingerprint density at radius 1 is 1.07 bits per heavy atom. The lowest BCUT2D eigenvalue weighted by atomic mass is 10.2. The van der Waals surface area contributed by atoms with E-state index in [0.29, 0.717) is 17.6 Å². The van der Waals surface area contributed by atoms with Crippen LogP contribution in [0.3, 0.4) is 0 Å². The van der Waals surface area contributed by atoms with Gasteiger partial charge in [0.25, 0.3) is 0 Å². The van der Waals surface area contributed by atoms with Gasteiger partial charge in [0.2, 0.25) is 5.91 Å². The van der Waals surface area contributed by atoms with E-state index in [-0.39, 0.29) is 25.4 Å². The molecule has 0 unspecified atom stereocenters. The van der Waals surface area contributed by atoms with Crippen LogP contribution in [0.5, 0.6) is 5.75 Å². The molecular weight excluding hydrogens is 370 g/mol. The smallest absolute Gasteiger partial charge is 0.317 e. The van der Waals surface area contributed by atoms with Crippen LogP contribution in [0.15, 0.2) is 70.8 Å². The van der Waals surface area contributed by atoms with Crippen molar-refractivity contribution >= 4 is 16.9 Å². The lowest BCUT2D eigenvalue weighted by molar-refractivity contribution is -0.121. The lowest BCUT2D eigenvalue weighted by Crippen LogP contribution is -2.42. The summed E-state index contributed by atoms with van der Waals surface area (Å²) in [5, 5.41) is 2.83. The molecule has 0 spiro atoms. The number of rotatable bonds is 8. The molecule has 0 atom stereocenters. The average molecular weight is 393 g/mol. The predicted molar refractivity (Wildman–Crippen MR) is 112 cm³/mol. The molecule has 0 bridgehead atoms. The molecule has 3 rings (SSSR count). The van der Waals surface area contributed by atoms with Crippen LogP contribution in [0.4, 0.5) is 0 Å². The highest BCUT2D eigenvalue weighted by molar-refractivity contribution is 5.77. The molecule has 1 amide bonds. The van der Waals surface area contributed by atoms with Crippen LogP contribution < -0.4 is 21.2 Å². The summed E-state index contributed by atoms with van der Waals surface area (Å²) in [4.78, 5) is 37.4. The zero-order chi connectivity index (χ0) is 20.8. The van der Waals surface area contributed by atoms with Crippen molar-refractivity contribution in [3.63, 3.8) is 0 Å². The number of aromatic nitrogens is 2. The standard InChI is InChI=1S/C22H23N3O4/c1-3-12-24-18-9-4-5-10-19(18)25(22(28)21(24)27)13-11-20(26)23-15-16-7-6-8-17(14-16)29-2/h3-10,14H,1,11-13,15H2,2H3,(H,23,26). The molecule has 29 heavy (non-hydrogen) atoms. The first-order valence-electron chi connectivity index (χ1n) is 9.28. The molecule has 7 nitrogen and oxygen atoms in total. The minimum Gasteiger partial charge on any atom is -0.497 e. The van der Waals surface area contributed by atoms with Crippen LogP contribution in [-0.4, -0.2) is 22.2 Å². The maximum absolute atomic E-state index is 12.6. The zero-order valence-corrected chi connectivity index (χ0v) is 16.3. The van der Waals surface area contributed by atoms with Crippen molar-refractivity contribution in [1.29, 1.82) is 0 Å². The number of carbonyl (C=O) groups excluding carboxylic acids is 1. The van der Waals surface area contributed by atoms with Crippen molar-refractivity contribution in [3.05, 3.63) is 87.5 Å². The molecule has 0 radical (unpaired) electrons. The Morgan fingerprint density at radius 2 is 1.76 bits per heavy atom. The van der Waals surface area contributed by atoms with E-state index in [4.69, 9.17) is 4.74 Å². The van der Waals surface area contributed by atoms with E-state index < -0.39 is 11.1 Å². The summed E-state index contributed by atoms with van der Waals surface area (Å²) < 4.78 is 7.93. The second-order valence-corrected chi connectivity index (χ2v) is 6.53. The Hall–Kier alpha value is -3.61. The number of carbonyl (C=O) groups is 1. The number of allylic oxidation sites excluding steroid dienone is 1. The third kappa shape index (κ3) is 4.45. The predicted octanol–water partition coefficient (Wildman–Crippen LogP) is 2.06. The van der Waals surface area contributed by atoms with Crippen LogP contribution in [0.2, 0.25) is 0 Å². The Bertz CT molecular complexity index is 1160. The van der Waals surface area contributed by atoms with E-state index in [1.54, 1.807) is 37.5 Å². The van der Waals surface area contributed by atoms with E-state index in [9.17, 15) is 14.4 Å². The van der Waals surface area contributed by atoms with E-state index >= 15 is 0 Å². The van der Waals surface area contributed by atoms with Crippen LogP contribution >= 0.6 is 0 Å². The fourth-order valence-electron chi connectivity index (χ4n) is 3.19. The first-order chi connectivity index (χ1) is 14.0. The van der Waals surface area contributed by atoms with E-state index in [2.05, 4.69) is 11.9 Å². The Labute approximate surface area is 167 Å².